The summed E-state index contributed by atoms with van der Waals surface area (Å²) >= 11 is 11.9. The van der Waals surface area contributed by atoms with Gasteiger partial charge in [0.1, 0.15) is 11.7 Å². The first kappa shape index (κ1) is 16.1. The molecule has 3 rings (SSSR count). The van der Waals surface area contributed by atoms with Gasteiger partial charge >= 0.3 is 0 Å². The van der Waals surface area contributed by atoms with Gasteiger partial charge in [0.2, 0.25) is 5.88 Å². The van der Waals surface area contributed by atoms with E-state index in [1.165, 1.54) is 0 Å². The van der Waals surface area contributed by atoms with Crippen molar-refractivity contribution in [2.75, 3.05) is 18.5 Å². The van der Waals surface area contributed by atoms with Gasteiger partial charge in [0.15, 0.2) is 0 Å². The molecule has 0 spiro atoms. The van der Waals surface area contributed by atoms with Crippen molar-refractivity contribution in [2.45, 2.75) is 12.5 Å². The molecular formula is C16H14Cl2N2O3. The van der Waals surface area contributed by atoms with Gasteiger partial charge in [-0.3, -0.25) is 4.79 Å². The molecule has 0 bridgehead atoms. The number of ether oxygens (including phenoxy) is 2. The van der Waals surface area contributed by atoms with E-state index in [1.807, 2.05) is 0 Å². The summed E-state index contributed by atoms with van der Waals surface area (Å²) in [5.41, 5.74) is 0.849. The number of nitrogens with one attached hydrogen (secondary N) is 1. The van der Waals surface area contributed by atoms with Crippen molar-refractivity contribution in [3.8, 4) is 5.88 Å². The summed E-state index contributed by atoms with van der Waals surface area (Å²) < 4.78 is 11.0. The number of pyridine rings is 1. The Labute approximate surface area is 143 Å². The zero-order chi connectivity index (χ0) is 16.2. The Balaban J connectivity index is 1.78. The smallest absolute Gasteiger partial charge is 0.261 e. The molecule has 0 saturated carbocycles. The molecule has 5 nitrogen and oxygen atoms in total. The summed E-state index contributed by atoms with van der Waals surface area (Å²) in [6.45, 7) is 1.15. The van der Waals surface area contributed by atoms with Crippen LogP contribution in [0.1, 0.15) is 16.8 Å². The van der Waals surface area contributed by atoms with E-state index >= 15 is 0 Å². The van der Waals surface area contributed by atoms with Crippen LogP contribution in [-0.2, 0) is 4.74 Å². The Morgan fingerprint density at radius 3 is 2.78 bits per heavy atom. The summed E-state index contributed by atoms with van der Waals surface area (Å²) in [6.07, 6.45) is 2.27. The highest BCUT2D eigenvalue weighted by molar-refractivity contribution is 6.35. The minimum absolute atomic E-state index is 0.0861. The van der Waals surface area contributed by atoms with E-state index in [9.17, 15) is 4.79 Å². The monoisotopic (exact) mass is 352 g/mol. The molecule has 1 aliphatic heterocycles. The van der Waals surface area contributed by atoms with Crippen molar-refractivity contribution in [2.24, 2.45) is 0 Å². The van der Waals surface area contributed by atoms with E-state index in [2.05, 4.69) is 10.3 Å². The molecule has 1 aromatic heterocycles. The molecule has 1 aromatic carbocycles. The molecule has 1 fully saturated rings. The maximum Gasteiger partial charge on any atom is 0.261 e. The zero-order valence-electron chi connectivity index (χ0n) is 12.1. The largest absolute Gasteiger partial charge is 0.471 e. The van der Waals surface area contributed by atoms with Crippen LogP contribution in [-0.4, -0.2) is 30.2 Å². The van der Waals surface area contributed by atoms with Crippen molar-refractivity contribution in [3.05, 3.63) is 52.1 Å². The molecule has 0 unspecified atom stereocenters. The molecule has 2 aromatic rings. The van der Waals surface area contributed by atoms with E-state index in [0.717, 1.165) is 6.42 Å². The maximum absolute atomic E-state index is 12.5. The highest BCUT2D eigenvalue weighted by Crippen LogP contribution is 2.24. The molecule has 1 saturated heterocycles. The van der Waals surface area contributed by atoms with E-state index < -0.39 is 0 Å². The van der Waals surface area contributed by atoms with Crippen LogP contribution < -0.4 is 10.1 Å². The number of aromatic nitrogens is 1. The van der Waals surface area contributed by atoms with Gasteiger partial charge < -0.3 is 14.8 Å². The van der Waals surface area contributed by atoms with Crippen molar-refractivity contribution < 1.29 is 14.3 Å². The van der Waals surface area contributed by atoms with Gasteiger partial charge in [-0.15, -0.1) is 0 Å². The molecular weight excluding hydrogens is 339 g/mol. The zero-order valence-corrected chi connectivity index (χ0v) is 13.6. The minimum Gasteiger partial charge on any atom is -0.471 e. The van der Waals surface area contributed by atoms with Crippen LogP contribution in [0.5, 0.6) is 5.88 Å². The van der Waals surface area contributed by atoms with Crippen LogP contribution in [0.4, 0.5) is 5.69 Å². The lowest BCUT2D eigenvalue weighted by Gasteiger charge is -2.14. The molecule has 2 heterocycles. The predicted molar refractivity (Wildman–Crippen MR) is 88.5 cm³/mol. The number of halogens is 2. The number of carbonyl (C=O) groups excluding carboxylic acids is 1. The van der Waals surface area contributed by atoms with Gasteiger partial charge in [0.25, 0.3) is 5.91 Å². The summed E-state index contributed by atoms with van der Waals surface area (Å²) in [5, 5.41) is 3.63. The third-order valence-corrected chi connectivity index (χ3v) is 3.74. The van der Waals surface area contributed by atoms with Crippen molar-refractivity contribution in [1.82, 2.24) is 4.98 Å². The molecule has 120 valence electrons. The molecule has 1 atom stereocenters. The molecule has 0 aliphatic carbocycles. The lowest BCUT2D eigenvalue weighted by Crippen LogP contribution is -2.20. The number of rotatable bonds is 4. The number of benzene rings is 1. The third-order valence-electron chi connectivity index (χ3n) is 3.30. The lowest BCUT2D eigenvalue weighted by atomic mass is 10.2. The standard InChI is InChI=1S/C16H14Cl2N2O3/c17-10-6-11(18)8-12(7-10)20-15(21)14-2-1-4-19-16(14)23-13-3-5-22-9-13/h1-2,4,6-8,13H,3,5,9H2,(H,20,21)/t13-/m1/s1. The molecule has 23 heavy (non-hydrogen) atoms. The fourth-order valence-corrected chi connectivity index (χ4v) is 2.77. The Morgan fingerprint density at radius 2 is 2.09 bits per heavy atom. The van der Waals surface area contributed by atoms with Crippen LogP contribution >= 0.6 is 23.2 Å². The van der Waals surface area contributed by atoms with Crippen LogP contribution in [0.25, 0.3) is 0 Å². The van der Waals surface area contributed by atoms with E-state index in [0.29, 0.717) is 34.5 Å². The average molecular weight is 353 g/mol. The van der Waals surface area contributed by atoms with Crippen molar-refractivity contribution >= 4 is 34.8 Å². The van der Waals surface area contributed by atoms with E-state index in [-0.39, 0.29) is 17.9 Å². The summed E-state index contributed by atoms with van der Waals surface area (Å²) in [5.74, 6) is -0.0565. The van der Waals surface area contributed by atoms with Gasteiger partial charge in [0.05, 0.1) is 13.2 Å². The number of amides is 1. The van der Waals surface area contributed by atoms with E-state index in [4.69, 9.17) is 32.7 Å². The number of carbonyl (C=O) groups is 1. The van der Waals surface area contributed by atoms with Crippen LogP contribution in [0.3, 0.4) is 0 Å². The Morgan fingerprint density at radius 1 is 1.30 bits per heavy atom. The van der Waals surface area contributed by atoms with Crippen LogP contribution in [0, 0.1) is 0 Å². The second kappa shape index (κ2) is 7.17. The third kappa shape index (κ3) is 4.13. The molecule has 0 radical (unpaired) electrons. The minimum atomic E-state index is -0.342. The summed E-state index contributed by atoms with van der Waals surface area (Å²) in [4.78, 5) is 16.6. The van der Waals surface area contributed by atoms with E-state index in [1.54, 1.807) is 36.5 Å². The van der Waals surface area contributed by atoms with Gasteiger partial charge in [0, 0.05) is 28.4 Å². The second-order valence-corrected chi connectivity index (χ2v) is 5.94. The fraction of sp³-hybridized carbons (Fsp3) is 0.250. The quantitative estimate of drug-likeness (QED) is 0.908. The summed E-state index contributed by atoms with van der Waals surface area (Å²) in [6, 6.07) is 8.16. The van der Waals surface area contributed by atoms with Crippen molar-refractivity contribution in [3.63, 3.8) is 0 Å². The Hall–Kier alpha value is -1.82. The summed E-state index contributed by atoms with van der Waals surface area (Å²) in [7, 11) is 0. The van der Waals surface area contributed by atoms with Crippen LogP contribution in [0.2, 0.25) is 10.0 Å². The first-order valence-electron chi connectivity index (χ1n) is 7.08. The highest BCUT2D eigenvalue weighted by Gasteiger charge is 2.21. The first-order valence-corrected chi connectivity index (χ1v) is 7.84. The first-order chi connectivity index (χ1) is 11.1. The number of anilines is 1. The predicted octanol–water partition coefficient (Wildman–Crippen LogP) is 3.81. The molecule has 1 amide bonds. The van der Waals surface area contributed by atoms with Crippen LogP contribution in [0.15, 0.2) is 36.5 Å². The second-order valence-electron chi connectivity index (χ2n) is 5.07. The number of hydrogen-bond acceptors (Lipinski definition) is 4. The van der Waals surface area contributed by atoms with Gasteiger partial charge in [-0.2, -0.15) is 0 Å². The fourth-order valence-electron chi connectivity index (χ4n) is 2.25. The molecule has 1 aliphatic rings. The number of hydrogen-bond donors (Lipinski definition) is 1. The van der Waals surface area contributed by atoms with Gasteiger partial charge in [-0.25, -0.2) is 4.98 Å². The topological polar surface area (TPSA) is 60.5 Å². The normalized spacial score (nSPS) is 17.0. The molecule has 7 heteroatoms. The molecule has 1 N–H and O–H groups in total. The van der Waals surface area contributed by atoms with Crippen molar-refractivity contribution in [1.29, 1.82) is 0 Å². The van der Waals surface area contributed by atoms with Gasteiger partial charge in [-0.1, -0.05) is 23.2 Å². The number of nitrogens with zero attached hydrogens (tertiary/aromatic N) is 1. The van der Waals surface area contributed by atoms with Gasteiger partial charge in [-0.05, 0) is 30.3 Å². The maximum atomic E-state index is 12.5. The highest BCUT2D eigenvalue weighted by atomic mass is 35.5. The average Bonchev–Trinajstić information content (AvgIpc) is 2.99. The SMILES string of the molecule is O=C(Nc1cc(Cl)cc(Cl)c1)c1cccnc1O[C@@H]1CCOC1. The Bertz CT molecular complexity index is 698. The lowest BCUT2D eigenvalue weighted by molar-refractivity contribution is 0.101. The Kier molecular flexibility index (Phi) is 5.00.